The van der Waals surface area contributed by atoms with Gasteiger partial charge in [0.1, 0.15) is 4.51 Å². The Labute approximate surface area is 220 Å². The molecular formula is C18H27KN4OS3. The molecule has 27 heavy (non-hydrogen) atoms. The fourth-order valence-electron chi connectivity index (χ4n) is 1.94. The average Bonchev–Trinajstić information content (AvgIpc) is 2.66. The molecule has 0 aromatic heterocycles. The van der Waals surface area contributed by atoms with Crippen molar-refractivity contribution in [2.45, 2.75) is 13.8 Å². The molecule has 0 aliphatic carbocycles. The molecule has 0 amide bonds. The van der Waals surface area contributed by atoms with E-state index in [1.807, 2.05) is 11.0 Å². The van der Waals surface area contributed by atoms with Gasteiger partial charge in [-0.3, -0.25) is 11.8 Å². The summed E-state index contributed by atoms with van der Waals surface area (Å²) in [6, 6.07) is 3.45. The van der Waals surface area contributed by atoms with Crippen molar-refractivity contribution >= 4 is 48.0 Å². The SMILES string of the molecule is CCN(C)CCNc1cc(=O)c1=S.[CH2-]N(CC)CCNc1cc(=S)c1=S.[K+]. The number of likely N-dealkylation sites (N-methyl/N-ethyl adjacent to an activating group) is 2. The van der Waals surface area contributed by atoms with Gasteiger partial charge in [0.15, 0.2) is 0 Å². The minimum atomic E-state index is -0.0265. The normalized spacial score (nSPS) is 10.6. The van der Waals surface area contributed by atoms with Gasteiger partial charge in [0.05, 0.1) is 20.4 Å². The van der Waals surface area contributed by atoms with Crippen molar-refractivity contribution in [2.75, 3.05) is 56.9 Å². The van der Waals surface area contributed by atoms with Crippen molar-refractivity contribution in [3.8, 4) is 0 Å². The minimum absolute atomic E-state index is 0. The summed E-state index contributed by atoms with van der Waals surface area (Å²) in [5.74, 6) is 0. The van der Waals surface area contributed by atoms with E-state index in [0.717, 1.165) is 59.7 Å². The second-order valence-electron chi connectivity index (χ2n) is 5.96. The molecule has 144 valence electrons. The molecule has 0 aliphatic heterocycles. The van der Waals surface area contributed by atoms with Crippen LogP contribution in [-0.4, -0.2) is 56.1 Å². The standard InChI is InChI=1S/C9H14N2OS.C9H13N2S2.K/c2*1-3-11(2)5-4-10-7-6-8(12)9(7)13;/h6,10H,3-5H2,1-2H3;6,10H,2-5H2,1H3;/q;-1;+1. The maximum absolute atomic E-state index is 10.7. The Hall–Kier alpha value is 0.576. The van der Waals surface area contributed by atoms with Crippen molar-refractivity contribution in [3.05, 3.63) is 42.9 Å². The largest absolute Gasteiger partial charge is 1.00 e. The van der Waals surface area contributed by atoms with Crippen molar-refractivity contribution in [1.82, 2.24) is 9.80 Å². The zero-order valence-electron chi connectivity index (χ0n) is 16.6. The van der Waals surface area contributed by atoms with Gasteiger partial charge in [0.2, 0.25) is 5.43 Å². The maximum atomic E-state index is 10.7. The second-order valence-corrected chi connectivity index (χ2v) is 7.22. The van der Waals surface area contributed by atoms with E-state index in [1.165, 1.54) is 0 Å². The van der Waals surface area contributed by atoms with E-state index in [9.17, 15) is 4.79 Å². The van der Waals surface area contributed by atoms with E-state index in [0.29, 0.717) is 4.51 Å². The summed E-state index contributed by atoms with van der Waals surface area (Å²) in [4.78, 5) is 14.9. The van der Waals surface area contributed by atoms with E-state index >= 15 is 0 Å². The Morgan fingerprint density at radius 1 is 0.963 bits per heavy atom. The summed E-state index contributed by atoms with van der Waals surface area (Å²) >= 11 is 14.8. The molecule has 2 aromatic carbocycles. The van der Waals surface area contributed by atoms with E-state index < -0.39 is 0 Å². The average molecular weight is 451 g/mol. The number of anilines is 2. The first-order chi connectivity index (χ1) is 12.3. The summed E-state index contributed by atoms with van der Waals surface area (Å²) in [7, 11) is 5.90. The zero-order valence-corrected chi connectivity index (χ0v) is 22.2. The van der Waals surface area contributed by atoms with Gasteiger partial charge >= 0.3 is 51.4 Å². The first-order valence-corrected chi connectivity index (χ1v) is 9.85. The Bertz CT molecular complexity index is 756. The smallest absolute Gasteiger partial charge is 0.458 e. The molecule has 0 atom stereocenters. The van der Waals surface area contributed by atoms with Gasteiger partial charge in [-0.2, -0.15) is 0 Å². The minimum Gasteiger partial charge on any atom is -0.458 e. The van der Waals surface area contributed by atoms with Crippen LogP contribution in [0.1, 0.15) is 13.8 Å². The van der Waals surface area contributed by atoms with Gasteiger partial charge in [-0.05, 0) is 32.7 Å². The van der Waals surface area contributed by atoms with Crippen molar-refractivity contribution in [1.29, 1.82) is 0 Å². The Balaban J connectivity index is 0.000000483. The summed E-state index contributed by atoms with van der Waals surface area (Å²) in [5, 5.41) is 6.34. The predicted octanol–water partition coefficient (Wildman–Crippen LogP) is 0.566. The Morgan fingerprint density at radius 2 is 1.52 bits per heavy atom. The first-order valence-electron chi connectivity index (χ1n) is 8.62. The molecule has 0 spiro atoms. The van der Waals surface area contributed by atoms with Gasteiger partial charge in [0, 0.05) is 25.7 Å². The van der Waals surface area contributed by atoms with E-state index in [-0.39, 0.29) is 56.8 Å². The Morgan fingerprint density at radius 3 is 1.93 bits per heavy atom. The number of hydrogen-bond donors (Lipinski definition) is 2. The van der Waals surface area contributed by atoms with Crippen LogP contribution in [0.2, 0.25) is 0 Å². The fraction of sp³-hybridized carbons (Fsp3) is 0.500. The van der Waals surface area contributed by atoms with Crippen LogP contribution in [0.15, 0.2) is 16.9 Å². The van der Waals surface area contributed by atoms with Crippen LogP contribution >= 0.6 is 36.7 Å². The van der Waals surface area contributed by atoms with Crippen molar-refractivity contribution < 1.29 is 51.4 Å². The van der Waals surface area contributed by atoms with Crippen LogP contribution < -0.4 is 67.4 Å². The summed E-state index contributed by atoms with van der Waals surface area (Å²) < 4.78 is 2.03. The van der Waals surface area contributed by atoms with Crippen LogP contribution in [-0.2, 0) is 0 Å². The van der Waals surface area contributed by atoms with Crippen LogP contribution in [0, 0.1) is 20.6 Å². The van der Waals surface area contributed by atoms with E-state index in [4.69, 9.17) is 36.7 Å². The molecule has 2 N–H and O–H groups in total. The molecule has 2 rings (SSSR count). The monoisotopic (exact) mass is 450 g/mol. The molecular weight excluding hydrogens is 424 g/mol. The van der Waals surface area contributed by atoms with Crippen molar-refractivity contribution in [2.24, 2.45) is 0 Å². The molecule has 2 aromatic rings. The molecule has 9 heteroatoms. The molecule has 0 aliphatic rings. The predicted molar refractivity (Wildman–Crippen MR) is 119 cm³/mol. The van der Waals surface area contributed by atoms with Crippen molar-refractivity contribution in [3.63, 3.8) is 0 Å². The van der Waals surface area contributed by atoms with Gasteiger partial charge in [-0.25, -0.2) is 0 Å². The van der Waals surface area contributed by atoms with Crippen LogP contribution in [0.25, 0.3) is 0 Å². The van der Waals surface area contributed by atoms with E-state index in [2.05, 4.69) is 43.5 Å². The molecule has 0 fully saturated rings. The molecule has 0 radical (unpaired) electrons. The third-order valence-electron chi connectivity index (χ3n) is 4.03. The summed E-state index contributed by atoms with van der Waals surface area (Å²) in [6.45, 7) is 9.77. The topological polar surface area (TPSA) is 47.6 Å². The molecule has 0 saturated carbocycles. The summed E-state index contributed by atoms with van der Waals surface area (Å²) in [6.07, 6.45) is 0. The third-order valence-corrected chi connectivity index (χ3v) is 5.34. The number of nitrogens with zero attached hydrogens (tertiary/aromatic N) is 2. The number of nitrogens with one attached hydrogen (secondary N) is 2. The second kappa shape index (κ2) is 14.5. The molecule has 0 saturated heterocycles. The third kappa shape index (κ3) is 9.75. The van der Waals surface area contributed by atoms with Gasteiger partial charge < -0.3 is 20.4 Å². The molecule has 5 nitrogen and oxygen atoms in total. The van der Waals surface area contributed by atoms with Crippen LogP contribution in [0.5, 0.6) is 0 Å². The Kier molecular flexibility index (Phi) is 14.9. The van der Waals surface area contributed by atoms with Gasteiger partial charge in [0.25, 0.3) is 0 Å². The van der Waals surface area contributed by atoms with Crippen LogP contribution in [0.3, 0.4) is 0 Å². The van der Waals surface area contributed by atoms with Crippen LogP contribution in [0.4, 0.5) is 11.4 Å². The molecule has 0 bridgehead atoms. The maximum Gasteiger partial charge on any atom is 1.00 e. The summed E-state index contributed by atoms with van der Waals surface area (Å²) in [5.41, 5.74) is 1.80. The fourth-order valence-corrected chi connectivity index (χ4v) is 2.55. The number of hydrogen-bond acceptors (Lipinski definition) is 8. The zero-order chi connectivity index (χ0) is 19.7. The quantitative estimate of drug-likeness (QED) is 0.310. The van der Waals surface area contributed by atoms with Gasteiger partial charge in [-0.1, -0.05) is 50.5 Å². The first kappa shape index (κ1) is 27.6. The number of rotatable bonds is 10. The molecule has 0 unspecified atom stereocenters. The van der Waals surface area contributed by atoms with Gasteiger partial charge in [-0.15, -0.1) is 0 Å². The van der Waals surface area contributed by atoms with E-state index in [1.54, 1.807) is 6.07 Å². The molecule has 0 heterocycles.